The van der Waals surface area contributed by atoms with E-state index in [9.17, 15) is 4.79 Å². The van der Waals surface area contributed by atoms with Gasteiger partial charge in [-0.25, -0.2) is 4.98 Å². The van der Waals surface area contributed by atoms with Gasteiger partial charge in [-0.2, -0.15) is 0 Å². The highest BCUT2D eigenvalue weighted by atomic mass is 35.5. The van der Waals surface area contributed by atoms with E-state index in [1.165, 1.54) is 0 Å². The van der Waals surface area contributed by atoms with Crippen LogP contribution in [0.5, 0.6) is 0 Å². The number of rotatable bonds is 4. The van der Waals surface area contributed by atoms with Crippen LogP contribution in [0, 0.1) is 0 Å². The lowest BCUT2D eigenvalue weighted by Gasteiger charge is -2.36. The lowest BCUT2D eigenvalue weighted by molar-refractivity contribution is -0.132. The van der Waals surface area contributed by atoms with E-state index in [-0.39, 0.29) is 30.7 Å². The van der Waals surface area contributed by atoms with Crippen molar-refractivity contribution in [2.45, 2.75) is 12.5 Å². The molecule has 0 unspecified atom stereocenters. The molecular weight excluding hydrogens is 359 g/mol. The van der Waals surface area contributed by atoms with Gasteiger partial charge in [0.15, 0.2) is 0 Å². The van der Waals surface area contributed by atoms with Crippen molar-refractivity contribution in [1.82, 2.24) is 9.88 Å². The maximum Gasteiger partial charge on any atom is 0.239 e. The van der Waals surface area contributed by atoms with Crippen molar-refractivity contribution in [2.75, 3.05) is 31.1 Å². The predicted octanol–water partition coefficient (Wildman–Crippen LogP) is 2.14. The first-order valence-electron chi connectivity index (χ1n) is 7.98. The van der Waals surface area contributed by atoms with Crippen LogP contribution in [0.2, 0.25) is 0 Å². The number of carbonyl (C=O) groups is 1. The first kappa shape index (κ1) is 21.2. The van der Waals surface area contributed by atoms with Gasteiger partial charge < -0.3 is 15.5 Å². The summed E-state index contributed by atoms with van der Waals surface area (Å²) in [6, 6.07) is 15.3. The first-order chi connectivity index (χ1) is 11.2. The van der Waals surface area contributed by atoms with E-state index in [2.05, 4.69) is 9.88 Å². The van der Waals surface area contributed by atoms with Crippen LogP contribution in [0.1, 0.15) is 5.56 Å². The Morgan fingerprint density at radius 2 is 1.64 bits per heavy atom. The Morgan fingerprint density at radius 1 is 1.00 bits per heavy atom. The average molecular weight is 383 g/mol. The van der Waals surface area contributed by atoms with Crippen LogP contribution in [-0.2, 0) is 11.2 Å². The van der Waals surface area contributed by atoms with Crippen molar-refractivity contribution in [3.63, 3.8) is 0 Å². The zero-order valence-corrected chi connectivity index (χ0v) is 15.6. The Kier molecular flexibility index (Phi) is 8.69. The van der Waals surface area contributed by atoms with Crippen LogP contribution in [0.25, 0.3) is 0 Å². The van der Waals surface area contributed by atoms with Gasteiger partial charge in [-0.3, -0.25) is 4.79 Å². The molecule has 5 nitrogen and oxygen atoms in total. The number of nitrogens with two attached hydrogens (primary N) is 1. The molecule has 1 atom stereocenters. The highest BCUT2D eigenvalue weighted by Crippen LogP contribution is 2.13. The average Bonchev–Trinajstić information content (AvgIpc) is 2.63. The van der Waals surface area contributed by atoms with Crippen molar-refractivity contribution in [3.05, 3.63) is 60.3 Å². The largest absolute Gasteiger partial charge is 0.353 e. The van der Waals surface area contributed by atoms with Crippen LogP contribution in [0.4, 0.5) is 5.82 Å². The van der Waals surface area contributed by atoms with Crippen molar-refractivity contribution in [2.24, 2.45) is 5.73 Å². The third-order valence-electron chi connectivity index (χ3n) is 4.18. The fraction of sp³-hybridized carbons (Fsp3) is 0.333. The monoisotopic (exact) mass is 382 g/mol. The van der Waals surface area contributed by atoms with Gasteiger partial charge in [-0.1, -0.05) is 36.4 Å². The molecule has 2 aromatic rings. The topological polar surface area (TPSA) is 62.5 Å². The van der Waals surface area contributed by atoms with E-state index < -0.39 is 6.04 Å². The molecule has 1 amide bonds. The van der Waals surface area contributed by atoms with Crippen molar-refractivity contribution in [3.8, 4) is 0 Å². The molecule has 0 bridgehead atoms. The predicted molar refractivity (Wildman–Crippen MR) is 106 cm³/mol. The quantitative estimate of drug-likeness (QED) is 0.879. The van der Waals surface area contributed by atoms with Crippen molar-refractivity contribution in [1.29, 1.82) is 0 Å². The summed E-state index contributed by atoms with van der Waals surface area (Å²) in [5.74, 6) is 1.00. The minimum absolute atomic E-state index is 0. The zero-order valence-electron chi connectivity index (χ0n) is 14.0. The molecule has 2 N–H and O–H groups in total. The minimum Gasteiger partial charge on any atom is -0.353 e. The van der Waals surface area contributed by atoms with E-state index in [1.54, 1.807) is 6.20 Å². The molecule has 1 aromatic heterocycles. The zero-order chi connectivity index (χ0) is 16.1. The molecule has 1 aliphatic heterocycles. The van der Waals surface area contributed by atoms with Gasteiger partial charge in [0.1, 0.15) is 5.82 Å². The second-order valence-electron chi connectivity index (χ2n) is 5.80. The van der Waals surface area contributed by atoms with Gasteiger partial charge in [0.2, 0.25) is 5.91 Å². The highest BCUT2D eigenvalue weighted by molar-refractivity contribution is 5.85. The molecule has 0 radical (unpaired) electrons. The van der Waals surface area contributed by atoms with Crippen molar-refractivity contribution < 1.29 is 4.79 Å². The molecule has 25 heavy (non-hydrogen) atoms. The molecule has 2 heterocycles. The second-order valence-corrected chi connectivity index (χ2v) is 5.80. The van der Waals surface area contributed by atoms with Crippen LogP contribution in [-0.4, -0.2) is 48.0 Å². The minimum atomic E-state index is -0.473. The van der Waals surface area contributed by atoms with Gasteiger partial charge >= 0.3 is 0 Å². The summed E-state index contributed by atoms with van der Waals surface area (Å²) in [5, 5.41) is 0. The SMILES string of the molecule is Cl.Cl.N[C@@H](Cc1ccccc1)C(=O)N1CCN(c2ccccn2)CC1. The number of hydrogen-bond acceptors (Lipinski definition) is 4. The number of hydrogen-bond donors (Lipinski definition) is 1. The van der Waals surface area contributed by atoms with E-state index in [0.717, 1.165) is 24.5 Å². The summed E-state index contributed by atoms with van der Waals surface area (Å²) in [6.45, 7) is 2.97. The number of pyridine rings is 1. The number of aromatic nitrogens is 1. The Morgan fingerprint density at radius 3 is 2.24 bits per heavy atom. The standard InChI is InChI=1S/C18H22N4O.2ClH/c19-16(14-15-6-2-1-3-7-15)18(23)22-12-10-21(11-13-22)17-8-4-5-9-20-17;;/h1-9,16H,10-14,19H2;2*1H/t16-;;/m0../s1. The van der Waals surface area contributed by atoms with Gasteiger partial charge in [-0.05, 0) is 24.1 Å². The number of carbonyl (C=O) groups excluding carboxylic acids is 1. The van der Waals surface area contributed by atoms with E-state index in [4.69, 9.17) is 5.73 Å². The summed E-state index contributed by atoms with van der Waals surface area (Å²) < 4.78 is 0. The Balaban J connectivity index is 0.00000156. The normalized spacial score (nSPS) is 14.9. The molecular formula is C18H24Cl2N4O. The number of benzene rings is 1. The number of piperazine rings is 1. The molecule has 0 saturated carbocycles. The number of halogens is 2. The molecule has 1 aliphatic rings. The Labute approximate surface area is 161 Å². The third-order valence-corrected chi connectivity index (χ3v) is 4.18. The molecule has 0 aliphatic carbocycles. The highest BCUT2D eigenvalue weighted by Gasteiger charge is 2.25. The van der Waals surface area contributed by atoms with Crippen LogP contribution in [0.3, 0.4) is 0 Å². The number of anilines is 1. The third kappa shape index (κ3) is 5.59. The van der Waals surface area contributed by atoms with Crippen LogP contribution in [0.15, 0.2) is 54.7 Å². The second kappa shape index (κ2) is 10.2. The fourth-order valence-corrected chi connectivity index (χ4v) is 2.89. The van der Waals surface area contributed by atoms with Crippen LogP contribution >= 0.6 is 24.8 Å². The molecule has 1 fully saturated rings. The van der Waals surface area contributed by atoms with Crippen LogP contribution < -0.4 is 10.6 Å². The molecule has 136 valence electrons. The molecule has 3 rings (SSSR count). The number of amides is 1. The summed E-state index contributed by atoms with van der Waals surface area (Å²) in [7, 11) is 0. The molecule has 1 aromatic carbocycles. The summed E-state index contributed by atoms with van der Waals surface area (Å²) in [4.78, 5) is 20.9. The number of nitrogens with zero attached hydrogens (tertiary/aromatic N) is 3. The Bertz CT molecular complexity index is 634. The van der Waals surface area contributed by atoms with E-state index in [1.807, 2.05) is 53.4 Å². The lowest BCUT2D eigenvalue weighted by atomic mass is 10.1. The van der Waals surface area contributed by atoms with Gasteiger partial charge in [0.25, 0.3) is 0 Å². The maximum atomic E-state index is 12.5. The first-order valence-corrected chi connectivity index (χ1v) is 7.98. The summed E-state index contributed by atoms with van der Waals surface area (Å²) in [6.07, 6.45) is 2.38. The molecule has 7 heteroatoms. The van der Waals surface area contributed by atoms with Gasteiger partial charge in [0.05, 0.1) is 6.04 Å². The summed E-state index contributed by atoms with van der Waals surface area (Å²) in [5.41, 5.74) is 7.21. The van der Waals surface area contributed by atoms with Crippen molar-refractivity contribution >= 4 is 36.5 Å². The summed E-state index contributed by atoms with van der Waals surface area (Å²) >= 11 is 0. The Hall–Kier alpha value is -1.82. The lowest BCUT2D eigenvalue weighted by Crippen LogP contribution is -2.53. The van der Waals surface area contributed by atoms with Gasteiger partial charge in [-0.15, -0.1) is 24.8 Å². The van der Waals surface area contributed by atoms with E-state index in [0.29, 0.717) is 19.5 Å². The molecule has 0 spiro atoms. The maximum absolute atomic E-state index is 12.5. The van der Waals surface area contributed by atoms with Gasteiger partial charge in [0, 0.05) is 32.4 Å². The smallest absolute Gasteiger partial charge is 0.239 e. The fourth-order valence-electron chi connectivity index (χ4n) is 2.89. The van der Waals surface area contributed by atoms with E-state index >= 15 is 0 Å². The molecule has 1 saturated heterocycles.